The molecule has 0 radical (unpaired) electrons. The number of hydrogen-bond donors (Lipinski definition) is 1. The van der Waals surface area contributed by atoms with E-state index in [1.54, 1.807) is 0 Å². The fraction of sp³-hybridized carbons (Fsp3) is 0.818. The van der Waals surface area contributed by atoms with E-state index in [-0.39, 0.29) is 12.1 Å². The number of hydrogen-bond acceptors (Lipinski definition) is 2. The number of ether oxygens (including phenoxy) is 1. The maximum absolute atomic E-state index is 5.65. The van der Waals surface area contributed by atoms with Crippen molar-refractivity contribution in [2.75, 3.05) is 13.7 Å². The van der Waals surface area contributed by atoms with Gasteiger partial charge in [-0.3, -0.25) is 0 Å². The van der Waals surface area contributed by atoms with Crippen molar-refractivity contribution in [3.05, 3.63) is 0 Å². The topological polar surface area (TPSA) is 21.3 Å². The summed E-state index contributed by atoms with van der Waals surface area (Å²) in [6, 6.07) is 0.268. The van der Waals surface area contributed by atoms with E-state index in [2.05, 4.69) is 25.1 Å². The van der Waals surface area contributed by atoms with Crippen molar-refractivity contribution in [1.29, 1.82) is 0 Å². The van der Waals surface area contributed by atoms with Crippen molar-refractivity contribution < 1.29 is 4.74 Å². The molecule has 2 unspecified atom stereocenters. The molecule has 76 valence electrons. The molecule has 2 atom stereocenters. The van der Waals surface area contributed by atoms with Gasteiger partial charge in [0.2, 0.25) is 0 Å². The van der Waals surface area contributed by atoms with Crippen LogP contribution in [0.4, 0.5) is 0 Å². The van der Waals surface area contributed by atoms with Crippen LogP contribution in [0.5, 0.6) is 0 Å². The van der Waals surface area contributed by atoms with Crippen molar-refractivity contribution in [3.63, 3.8) is 0 Å². The fourth-order valence-corrected chi connectivity index (χ4v) is 1.48. The van der Waals surface area contributed by atoms with Crippen molar-refractivity contribution in [1.82, 2.24) is 5.32 Å². The molecule has 0 bridgehead atoms. The van der Waals surface area contributed by atoms with Gasteiger partial charge in [-0.1, -0.05) is 13.8 Å². The van der Waals surface area contributed by atoms with Crippen LogP contribution in [0.15, 0.2) is 0 Å². The molecule has 0 aliphatic heterocycles. The highest BCUT2D eigenvalue weighted by molar-refractivity contribution is 4.93. The number of nitrogens with one attached hydrogen (secondary N) is 1. The molecular weight excluding hydrogens is 162 g/mol. The van der Waals surface area contributed by atoms with Crippen LogP contribution in [-0.2, 0) is 4.74 Å². The summed E-state index contributed by atoms with van der Waals surface area (Å²) in [6.45, 7) is 7.06. The Kier molecular flexibility index (Phi) is 6.66. The SMILES string of the molecule is C#CCC(NC)C(OCC)C(C)C. The van der Waals surface area contributed by atoms with Gasteiger partial charge in [-0.25, -0.2) is 0 Å². The van der Waals surface area contributed by atoms with Gasteiger partial charge in [-0.2, -0.15) is 0 Å². The summed E-state index contributed by atoms with van der Waals surface area (Å²) in [4.78, 5) is 0. The molecule has 0 aromatic carbocycles. The van der Waals surface area contributed by atoms with Crippen LogP contribution < -0.4 is 5.32 Å². The maximum Gasteiger partial charge on any atom is 0.0759 e. The summed E-state index contributed by atoms with van der Waals surface area (Å²) in [5.41, 5.74) is 0. The highest BCUT2D eigenvalue weighted by atomic mass is 16.5. The van der Waals surface area contributed by atoms with Crippen LogP contribution in [0.2, 0.25) is 0 Å². The Morgan fingerprint density at radius 3 is 2.38 bits per heavy atom. The predicted octanol–water partition coefficient (Wildman–Crippen LogP) is 1.66. The van der Waals surface area contributed by atoms with Crippen molar-refractivity contribution in [3.8, 4) is 12.3 Å². The average Bonchev–Trinajstić information content (AvgIpc) is 2.10. The second-order valence-corrected chi connectivity index (χ2v) is 3.47. The molecule has 0 spiro atoms. The molecule has 0 fully saturated rings. The molecule has 2 nitrogen and oxygen atoms in total. The van der Waals surface area contributed by atoms with E-state index in [1.165, 1.54) is 0 Å². The largest absolute Gasteiger partial charge is 0.377 e. The lowest BCUT2D eigenvalue weighted by Crippen LogP contribution is -2.42. The normalized spacial score (nSPS) is 15.4. The fourth-order valence-electron chi connectivity index (χ4n) is 1.48. The van der Waals surface area contributed by atoms with Gasteiger partial charge in [-0.15, -0.1) is 12.3 Å². The molecule has 13 heavy (non-hydrogen) atoms. The summed E-state index contributed by atoms with van der Waals surface area (Å²) >= 11 is 0. The minimum absolute atomic E-state index is 0.214. The molecule has 0 amide bonds. The van der Waals surface area contributed by atoms with E-state index in [0.29, 0.717) is 5.92 Å². The van der Waals surface area contributed by atoms with Gasteiger partial charge in [-0.05, 0) is 19.9 Å². The van der Waals surface area contributed by atoms with Gasteiger partial charge >= 0.3 is 0 Å². The Morgan fingerprint density at radius 2 is 2.08 bits per heavy atom. The first kappa shape index (κ1) is 12.5. The molecule has 0 rings (SSSR count). The Labute approximate surface area is 82.1 Å². The first-order valence-electron chi connectivity index (χ1n) is 4.89. The molecule has 0 aliphatic rings. The van der Waals surface area contributed by atoms with Crippen LogP contribution in [0.3, 0.4) is 0 Å². The zero-order chi connectivity index (χ0) is 10.3. The molecule has 2 heteroatoms. The van der Waals surface area contributed by atoms with Crippen LogP contribution in [0, 0.1) is 18.3 Å². The summed E-state index contributed by atoms with van der Waals surface area (Å²) in [5.74, 6) is 3.16. The maximum atomic E-state index is 5.65. The lowest BCUT2D eigenvalue weighted by Gasteiger charge is -2.28. The standard InChI is InChI=1S/C11H21NO/c1-6-8-10(12-5)11(9(3)4)13-7-2/h1,9-12H,7-8H2,2-5H3. The zero-order valence-corrected chi connectivity index (χ0v) is 9.13. The van der Waals surface area contributed by atoms with Crippen LogP contribution in [0.1, 0.15) is 27.2 Å². The summed E-state index contributed by atoms with van der Waals surface area (Å²) < 4.78 is 5.65. The van der Waals surface area contributed by atoms with Gasteiger partial charge in [0.05, 0.1) is 6.10 Å². The third-order valence-electron chi connectivity index (χ3n) is 2.12. The molecule has 0 heterocycles. The number of terminal acetylenes is 1. The van der Waals surface area contributed by atoms with E-state index >= 15 is 0 Å². The van der Waals surface area contributed by atoms with Crippen molar-refractivity contribution in [2.24, 2.45) is 5.92 Å². The van der Waals surface area contributed by atoms with Gasteiger partial charge in [0.25, 0.3) is 0 Å². The number of likely N-dealkylation sites (N-methyl/N-ethyl adjacent to an activating group) is 1. The van der Waals surface area contributed by atoms with Crippen molar-refractivity contribution in [2.45, 2.75) is 39.3 Å². The summed E-state index contributed by atoms with van der Waals surface area (Å²) in [7, 11) is 1.93. The summed E-state index contributed by atoms with van der Waals surface area (Å²) in [5, 5.41) is 3.20. The predicted molar refractivity (Wildman–Crippen MR) is 56.5 cm³/mol. The zero-order valence-electron chi connectivity index (χ0n) is 9.13. The van der Waals surface area contributed by atoms with E-state index in [1.807, 2.05) is 14.0 Å². The first-order valence-corrected chi connectivity index (χ1v) is 4.89. The molecule has 0 aromatic heterocycles. The van der Waals surface area contributed by atoms with Crippen molar-refractivity contribution >= 4 is 0 Å². The van der Waals surface area contributed by atoms with E-state index in [0.717, 1.165) is 13.0 Å². The number of rotatable bonds is 6. The van der Waals surface area contributed by atoms with E-state index < -0.39 is 0 Å². The van der Waals surface area contributed by atoms with Gasteiger partial charge < -0.3 is 10.1 Å². The average molecular weight is 183 g/mol. The van der Waals surface area contributed by atoms with E-state index in [9.17, 15) is 0 Å². The molecule has 0 aliphatic carbocycles. The Hall–Kier alpha value is -0.520. The highest BCUT2D eigenvalue weighted by Gasteiger charge is 2.22. The van der Waals surface area contributed by atoms with Gasteiger partial charge in [0.1, 0.15) is 0 Å². The highest BCUT2D eigenvalue weighted by Crippen LogP contribution is 2.13. The molecule has 0 aromatic rings. The second-order valence-electron chi connectivity index (χ2n) is 3.47. The third kappa shape index (κ3) is 4.31. The molecule has 0 saturated carbocycles. The molecule has 1 N–H and O–H groups in total. The third-order valence-corrected chi connectivity index (χ3v) is 2.12. The van der Waals surface area contributed by atoms with Gasteiger partial charge in [0.15, 0.2) is 0 Å². The monoisotopic (exact) mass is 183 g/mol. The minimum atomic E-state index is 0.214. The Balaban J connectivity index is 4.22. The second kappa shape index (κ2) is 6.94. The minimum Gasteiger partial charge on any atom is -0.377 e. The van der Waals surface area contributed by atoms with Gasteiger partial charge in [0, 0.05) is 19.1 Å². The van der Waals surface area contributed by atoms with E-state index in [4.69, 9.17) is 11.2 Å². The molecular formula is C11H21NO. The lowest BCUT2D eigenvalue weighted by atomic mass is 9.97. The Bertz CT molecular complexity index is 160. The quantitative estimate of drug-likeness (QED) is 0.632. The summed E-state index contributed by atoms with van der Waals surface area (Å²) in [6.07, 6.45) is 6.23. The Morgan fingerprint density at radius 1 is 1.46 bits per heavy atom. The first-order chi connectivity index (χ1) is 6.17. The van der Waals surface area contributed by atoms with Crippen LogP contribution in [-0.4, -0.2) is 25.8 Å². The lowest BCUT2D eigenvalue weighted by molar-refractivity contribution is 0.00646. The smallest absolute Gasteiger partial charge is 0.0759 e. The van der Waals surface area contributed by atoms with Crippen LogP contribution in [0.25, 0.3) is 0 Å². The van der Waals surface area contributed by atoms with Crippen LogP contribution >= 0.6 is 0 Å². The molecule has 0 saturated heterocycles.